The zero-order valence-corrected chi connectivity index (χ0v) is 18.9. The lowest BCUT2D eigenvalue weighted by Crippen LogP contribution is -2.40. The molecule has 2 heterocycles. The molecule has 2 aromatic carbocycles. The molecule has 0 bridgehead atoms. The van der Waals surface area contributed by atoms with Crippen LogP contribution < -0.4 is 5.32 Å². The first-order chi connectivity index (χ1) is 16.3. The Hall–Kier alpha value is -3.20. The Bertz CT molecular complexity index is 1180. The first kappa shape index (κ1) is 23.9. The lowest BCUT2D eigenvalue weighted by molar-refractivity contribution is -0.140. The zero-order valence-electron chi connectivity index (χ0n) is 18.1. The van der Waals surface area contributed by atoms with Gasteiger partial charge in [0.2, 0.25) is 11.8 Å². The number of nitrogens with zero attached hydrogens (tertiary/aromatic N) is 1. The summed E-state index contributed by atoms with van der Waals surface area (Å²) >= 11 is 1.66. The van der Waals surface area contributed by atoms with Crippen LogP contribution in [0.3, 0.4) is 0 Å². The van der Waals surface area contributed by atoms with Gasteiger partial charge in [0.05, 0.1) is 11.6 Å². The largest absolute Gasteiger partial charge is 0.419 e. The number of rotatable bonds is 6. The second-order valence-corrected chi connectivity index (χ2v) is 9.00. The van der Waals surface area contributed by atoms with Crippen molar-refractivity contribution in [2.45, 2.75) is 38.0 Å². The highest BCUT2D eigenvalue weighted by Gasteiger charge is 2.35. The number of alkyl halides is 3. The molecule has 1 N–H and O–H groups in total. The maximum Gasteiger partial charge on any atom is 0.419 e. The average Bonchev–Trinajstić information content (AvgIpc) is 3.30. The van der Waals surface area contributed by atoms with Gasteiger partial charge in [-0.25, -0.2) is 4.39 Å². The maximum absolute atomic E-state index is 14.1. The van der Waals surface area contributed by atoms with Crippen LogP contribution in [0.1, 0.15) is 46.0 Å². The molecule has 4 nitrogen and oxygen atoms in total. The van der Waals surface area contributed by atoms with Gasteiger partial charge < -0.3 is 10.2 Å². The lowest BCUT2D eigenvalue weighted by atomic mass is 9.93. The molecular formula is C25H22F4N2O2S. The molecule has 1 unspecified atom stereocenters. The van der Waals surface area contributed by atoms with Crippen LogP contribution in [0, 0.1) is 5.82 Å². The Morgan fingerprint density at radius 1 is 1.03 bits per heavy atom. The van der Waals surface area contributed by atoms with E-state index in [1.54, 1.807) is 16.2 Å². The topological polar surface area (TPSA) is 49.4 Å². The van der Waals surface area contributed by atoms with Crippen molar-refractivity contribution in [1.82, 2.24) is 10.2 Å². The van der Waals surface area contributed by atoms with Gasteiger partial charge in [-0.1, -0.05) is 42.5 Å². The van der Waals surface area contributed by atoms with E-state index in [-0.39, 0.29) is 30.4 Å². The van der Waals surface area contributed by atoms with Crippen molar-refractivity contribution in [1.29, 1.82) is 0 Å². The second kappa shape index (κ2) is 9.97. The standard InChI is InChI=1S/C25H22F4N2O2S/c26-23-17(7-4-8-19(23)25(27,28)29)15-30-21(32)9-10-22(33)31-13-11-20-18(12-14-34-20)24(31)16-5-2-1-3-6-16/h1-8,12,14,24H,9-11,13,15H2,(H,30,32). The van der Waals surface area contributed by atoms with Gasteiger partial charge >= 0.3 is 6.18 Å². The predicted molar refractivity (Wildman–Crippen MR) is 121 cm³/mol. The van der Waals surface area contributed by atoms with Crippen LogP contribution in [-0.4, -0.2) is 23.3 Å². The smallest absolute Gasteiger partial charge is 0.352 e. The van der Waals surface area contributed by atoms with Gasteiger partial charge in [-0.3, -0.25) is 9.59 Å². The fraction of sp³-hybridized carbons (Fsp3) is 0.280. The monoisotopic (exact) mass is 490 g/mol. The summed E-state index contributed by atoms with van der Waals surface area (Å²) < 4.78 is 52.8. The fourth-order valence-corrected chi connectivity index (χ4v) is 5.07. The number of benzene rings is 2. The number of nitrogens with one attached hydrogen (secondary N) is 1. The van der Waals surface area contributed by atoms with Gasteiger partial charge in [0.25, 0.3) is 0 Å². The van der Waals surface area contributed by atoms with E-state index in [1.807, 2.05) is 41.8 Å². The molecule has 1 atom stereocenters. The molecule has 178 valence electrons. The summed E-state index contributed by atoms with van der Waals surface area (Å²) in [4.78, 5) is 28.3. The number of amides is 2. The van der Waals surface area contributed by atoms with Crippen LogP contribution in [0.25, 0.3) is 0 Å². The van der Waals surface area contributed by atoms with Crippen LogP contribution >= 0.6 is 11.3 Å². The first-order valence-electron chi connectivity index (χ1n) is 10.8. The molecule has 0 radical (unpaired) electrons. The summed E-state index contributed by atoms with van der Waals surface area (Å²) in [7, 11) is 0. The lowest BCUT2D eigenvalue weighted by Gasteiger charge is -2.36. The van der Waals surface area contributed by atoms with Crippen molar-refractivity contribution in [3.63, 3.8) is 0 Å². The Labute approximate surface area is 198 Å². The minimum atomic E-state index is -4.82. The van der Waals surface area contributed by atoms with E-state index in [0.29, 0.717) is 12.6 Å². The third-order valence-electron chi connectivity index (χ3n) is 5.83. The molecule has 2 amide bonds. The Morgan fingerprint density at radius 3 is 2.53 bits per heavy atom. The molecule has 0 fully saturated rings. The summed E-state index contributed by atoms with van der Waals surface area (Å²) in [5, 5.41) is 4.42. The number of thiophene rings is 1. The van der Waals surface area contributed by atoms with Gasteiger partial charge in [-0.15, -0.1) is 11.3 Å². The number of carbonyl (C=O) groups excluding carboxylic acids is 2. The van der Waals surface area contributed by atoms with E-state index in [1.165, 1.54) is 10.9 Å². The number of fused-ring (bicyclic) bond motifs is 1. The summed E-state index contributed by atoms with van der Waals surface area (Å²) in [5.74, 6) is -2.13. The van der Waals surface area contributed by atoms with Crippen molar-refractivity contribution < 1.29 is 27.2 Å². The number of halogens is 4. The van der Waals surface area contributed by atoms with E-state index >= 15 is 0 Å². The highest BCUT2D eigenvalue weighted by Crippen LogP contribution is 2.38. The van der Waals surface area contributed by atoms with Crippen LogP contribution in [0.4, 0.5) is 17.6 Å². The molecule has 1 aromatic heterocycles. The quantitative estimate of drug-likeness (QED) is 0.466. The van der Waals surface area contributed by atoms with E-state index in [0.717, 1.165) is 23.6 Å². The molecule has 0 aliphatic carbocycles. The van der Waals surface area contributed by atoms with Gasteiger partial charge in [0.1, 0.15) is 5.82 Å². The molecule has 3 aromatic rings. The van der Waals surface area contributed by atoms with Crippen LogP contribution in [-0.2, 0) is 28.7 Å². The van der Waals surface area contributed by atoms with Crippen LogP contribution in [0.2, 0.25) is 0 Å². The van der Waals surface area contributed by atoms with Gasteiger partial charge in [0.15, 0.2) is 0 Å². The number of hydrogen-bond donors (Lipinski definition) is 1. The van der Waals surface area contributed by atoms with Gasteiger partial charge in [-0.2, -0.15) is 13.2 Å². The van der Waals surface area contributed by atoms with Crippen molar-refractivity contribution in [2.24, 2.45) is 0 Å². The number of carbonyl (C=O) groups is 2. The molecular weight excluding hydrogens is 468 g/mol. The van der Waals surface area contributed by atoms with E-state index in [4.69, 9.17) is 0 Å². The predicted octanol–water partition coefficient (Wildman–Crippen LogP) is 5.48. The summed E-state index contributed by atoms with van der Waals surface area (Å²) in [5.41, 5.74) is 0.430. The molecule has 34 heavy (non-hydrogen) atoms. The fourth-order valence-electron chi connectivity index (χ4n) is 4.16. The van der Waals surface area contributed by atoms with E-state index in [9.17, 15) is 27.2 Å². The highest BCUT2D eigenvalue weighted by atomic mass is 32.1. The summed E-state index contributed by atoms with van der Waals surface area (Å²) in [6.45, 7) is 0.139. The number of hydrogen-bond acceptors (Lipinski definition) is 3. The van der Waals surface area contributed by atoms with Crippen molar-refractivity contribution in [2.75, 3.05) is 6.54 Å². The van der Waals surface area contributed by atoms with Crippen molar-refractivity contribution >= 4 is 23.2 Å². The third kappa shape index (κ3) is 5.14. The Balaban J connectivity index is 1.38. The molecule has 4 rings (SSSR count). The maximum atomic E-state index is 14.1. The highest BCUT2D eigenvalue weighted by molar-refractivity contribution is 7.10. The van der Waals surface area contributed by atoms with Crippen molar-refractivity contribution in [3.05, 3.63) is 92.9 Å². The van der Waals surface area contributed by atoms with E-state index in [2.05, 4.69) is 5.32 Å². The summed E-state index contributed by atoms with van der Waals surface area (Å²) in [6.07, 6.45) is -4.28. The van der Waals surface area contributed by atoms with Crippen LogP contribution in [0.5, 0.6) is 0 Å². The zero-order chi connectivity index (χ0) is 24.3. The minimum absolute atomic E-state index is 0.0558. The SMILES string of the molecule is O=C(CCC(=O)N1CCc2sccc2C1c1ccccc1)NCc1cccc(C(F)(F)F)c1F. The molecule has 9 heteroatoms. The minimum Gasteiger partial charge on any atom is -0.352 e. The molecule has 1 aliphatic heterocycles. The molecule has 1 aliphatic rings. The average molecular weight is 491 g/mol. The Morgan fingerprint density at radius 2 is 1.79 bits per heavy atom. The first-order valence-corrected chi connectivity index (χ1v) is 11.7. The third-order valence-corrected chi connectivity index (χ3v) is 6.82. The normalized spacial score (nSPS) is 15.6. The van der Waals surface area contributed by atoms with Crippen molar-refractivity contribution in [3.8, 4) is 0 Å². The molecule has 0 saturated heterocycles. The second-order valence-electron chi connectivity index (χ2n) is 8.00. The molecule has 0 spiro atoms. The van der Waals surface area contributed by atoms with Crippen LogP contribution in [0.15, 0.2) is 60.0 Å². The van der Waals surface area contributed by atoms with Gasteiger partial charge in [-0.05, 0) is 35.1 Å². The molecule has 0 saturated carbocycles. The summed E-state index contributed by atoms with van der Waals surface area (Å²) in [6, 6.07) is 14.4. The van der Waals surface area contributed by atoms with E-state index < -0.39 is 30.0 Å². The van der Waals surface area contributed by atoms with Gasteiger partial charge in [0, 0.05) is 36.4 Å². The Kier molecular flexibility index (Phi) is 7.02.